The van der Waals surface area contributed by atoms with E-state index in [-0.39, 0.29) is 18.0 Å². The van der Waals surface area contributed by atoms with Crippen molar-refractivity contribution in [2.45, 2.75) is 44.8 Å². The van der Waals surface area contributed by atoms with Crippen LogP contribution in [0.15, 0.2) is 18.2 Å². The van der Waals surface area contributed by atoms with Gasteiger partial charge in [0.2, 0.25) is 5.91 Å². The first-order valence-corrected chi connectivity index (χ1v) is 9.70. The zero-order chi connectivity index (χ0) is 19.0. The molecule has 0 aliphatic carbocycles. The highest BCUT2D eigenvalue weighted by Gasteiger charge is 2.46. The fourth-order valence-electron chi connectivity index (χ4n) is 4.51. The molecule has 146 valence electrons. The van der Waals surface area contributed by atoms with Crippen LogP contribution in [0.1, 0.15) is 30.4 Å². The van der Waals surface area contributed by atoms with Crippen molar-refractivity contribution in [2.75, 3.05) is 26.2 Å². The fraction of sp³-hybridized carbons (Fsp3) is 0.600. The number of carbonyl (C=O) groups is 2. The average molecular weight is 373 g/mol. The number of aryl methyl sites for hydroxylation is 1. The molecule has 0 bridgehead atoms. The molecule has 3 aliphatic heterocycles. The molecule has 3 N–H and O–H groups in total. The Hall–Kier alpha value is -2.28. The van der Waals surface area contributed by atoms with Crippen LogP contribution < -0.4 is 15.4 Å². The number of amides is 3. The van der Waals surface area contributed by atoms with Crippen molar-refractivity contribution >= 4 is 11.9 Å². The van der Waals surface area contributed by atoms with E-state index in [0.717, 1.165) is 17.7 Å². The van der Waals surface area contributed by atoms with Crippen molar-refractivity contribution < 1.29 is 19.4 Å². The lowest BCUT2D eigenvalue weighted by atomic mass is 9.71. The Balaban J connectivity index is 1.34. The third-order valence-electron chi connectivity index (χ3n) is 6.20. The van der Waals surface area contributed by atoms with Crippen LogP contribution >= 0.6 is 0 Å². The van der Waals surface area contributed by atoms with Crippen LogP contribution in [-0.2, 0) is 11.2 Å². The number of hydrogen-bond donors (Lipinski definition) is 3. The highest BCUT2D eigenvalue weighted by atomic mass is 16.5. The molecule has 3 heterocycles. The Bertz CT molecular complexity index is 743. The van der Waals surface area contributed by atoms with E-state index in [2.05, 4.69) is 23.6 Å². The van der Waals surface area contributed by atoms with E-state index in [4.69, 9.17) is 4.74 Å². The number of fused-ring (bicyclic) bond motifs is 1. The molecular formula is C20H27N3O4. The molecular weight excluding hydrogens is 346 g/mol. The van der Waals surface area contributed by atoms with Gasteiger partial charge in [0.05, 0.1) is 17.6 Å². The summed E-state index contributed by atoms with van der Waals surface area (Å²) in [5.74, 6) is 0.919. The Labute approximate surface area is 159 Å². The van der Waals surface area contributed by atoms with Crippen molar-refractivity contribution in [3.8, 4) is 5.75 Å². The van der Waals surface area contributed by atoms with Gasteiger partial charge < -0.3 is 25.4 Å². The van der Waals surface area contributed by atoms with Gasteiger partial charge in [-0.25, -0.2) is 4.79 Å². The highest BCUT2D eigenvalue weighted by molar-refractivity contribution is 5.84. The number of rotatable bonds is 1. The molecule has 3 aliphatic rings. The lowest BCUT2D eigenvalue weighted by Gasteiger charge is -2.44. The second-order valence-corrected chi connectivity index (χ2v) is 8.05. The third-order valence-corrected chi connectivity index (χ3v) is 6.20. The maximum absolute atomic E-state index is 12.7. The number of piperidine rings is 2. The quantitative estimate of drug-likeness (QED) is 0.684. The molecule has 1 spiro atoms. The van der Waals surface area contributed by atoms with E-state index in [9.17, 15) is 14.7 Å². The Morgan fingerprint density at radius 2 is 2.15 bits per heavy atom. The summed E-state index contributed by atoms with van der Waals surface area (Å²) in [6.45, 7) is 3.90. The van der Waals surface area contributed by atoms with Crippen LogP contribution in [0.2, 0.25) is 0 Å². The third kappa shape index (κ3) is 3.48. The van der Waals surface area contributed by atoms with Crippen LogP contribution in [-0.4, -0.2) is 60.3 Å². The van der Waals surface area contributed by atoms with Gasteiger partial charge in [-0.15, -0.1) is 0 Å². The van der Waals surface area contributed by atoms with E-state index in [0.29, 0.717) is 45.5 Å². The van der Waals surface area contributed by atoms with E-state index in [1.165, 1.54) is 5.56 Å². The Morgan fingerprint density at radius 1 is 1.37 bits per heavy atom. The van der Waals surface area contributed by atoms with Gasteiger partial charge in [0.15, 0.2) is 0 Å². The van der Waals surface area contributed by atoms with Gasteiger partial charge in [0, 0.05) is 19.6 Å². The molecule has 7 nitrogen and oxygen atoms in total. The Morgan fingerprint density at radius 3 is 2.93 bits per heavy atom. The number of aliphatic hydroxyl groups is 1. The number of nitrogens with one attached hydrogen (secondary N) is 2. The zero-order valence-electron chi connectivity index (χ0n) is 15.7. The molecule has 2 fully saturated rings. The van der Waals surface area contributed by atoms with E-state index >= 15 is 0 Å². The second kappa shape index (κ2) is 7.03. The monoisotopic (exact) mass is 373 g/mol. The molecule has 3 amide bonds. The van der Waals surface area contributed by atoms with E-state index in [1.807, 2.05) is 12.1 Å². The van der Waals surface area contributed by atoms with E-state index in [1.54, 1.807) is 4.90 Å². The summed E-state index contributed by atoms with van der Waals surface area (Å²) in [6, 6.07) is 5.84. The molecule has 4 rings (SSSR count). The molecule has 0 saturated carbocycles. The van der Waals surface area contributed by atoms with Gasteiger partial charge in [0.25, 0.3) is 0 Å². The topological polar surface area (TPSA) is 90.9 Å². The van der Waals surface area contributed by atoms with Gasteiger partial charge in [-0.2, -0.15) is 0 Å². The summed E-state index contributed by atoms with van der Waals surface area (Å²) in [4.78, 5) is 26.8. The SMILES string of the molecule is Cc1cccc2c1CC(NC(=O)N1CCC3(CC1)CC(O)CNC3=O)CO2. The minimum absolute atomic E-state index is 0.0145. The van der Waals surface area contributed by atoms with Gasteiger partial charge in [-0.1, -0.05) is 12.1 Å². The van der Waals surface area contributed by atoms with Gasteiger partial charge in [0.1, 0.15) is 12.4 Å². The normalized spacial score (nSPS) is 26.7. The number of β-amino-alcohol motifs (C(OH)–C–C–N with tert-alkyl or cyclic N) is 1. The standard InChI is InChI=1S/C20H27N3O4/c1-13-3-2-4-17-16(13)9-14(12-27-17)22-19(26)23-7-5-20(6-8-23)10-15(24)11-21-18(20)25/h2-4,14-15,24H,5-12H2,1H3,(H,21,25)(H,22,26). The summed E-state index contributed by atoms with van der Waals surface area (Å²) in [7, 11) is 0. The molecule has 2 atom stereocenters. The first-order valence-electron chi connectivity index (χ1n) is 9.70. The van der Waals surface area contributed by atoms with Gasteiger partial charge in [-0.05, 0) is 49.8 Å². The summed E-state index contributed by atoms with van der Waals surface area (Å²) < 4.78 is 5.81. The maximum Gasteiger partial charge on any atom is 0.317 e. The summed E-state index contributed by atoms with van der Waals surface area (Å²) in [5.41, 5.74) is 1.80. The summed E-state index contributed by atoms with van der Waals surface area (Å²) in [6.07, 6.45) is 1.94. The molecule has 0 radical (unpaired) electrons. The highest BCUT2D eigenvalue weighted by Crippen LogP contribution is 2.38. The number of benzene rings is 1. The minimum Gasteiger partial charge on any atom is -0.491 e. The van der Waals surface area contributed by atoms with Crippen molar-refractivity contribution in [3.63, 3.8) is 0 Å². The molecule has 27 heavy (non-hydrogen) atoms. The number of hydrogen-bond acceptors (Lipinski definition) is 4. The average Bonchev–Trinajstić information content (AvgIpc) is 2.66. The van der Waals surface area contributed by atoms with Crippen molar-refractivity contribution in [2.24, 2.45) is 5.41 Å². The van der Waals surface area contributed by atoms with Crippen LogP contribution in [0.5, 0.6) is 5.75 Å². The largest absolute Gasteiger partial charge is 0.491 e. The van der Waals surface area contributed by atoms with Crippen molar-refractivity contribution in [1.29, 1.82) is 0 Å². The van der Waals surface area contributed by atoms with Crippen molar-refractivity contribution in [1.82, 2.24) is 15.5 Å². The van der Waals surface area contributed by atoms with Gasteiger partial charge in [-0.3, -0.25) is 4.79 Å². The number of nitrogens with zero attached hydrogens (tertiary/aromatic N) is 1. The number of aliphatic hydroxyl groups excluding tert-OH is 1. The summed E-state index contributed by atoms with van der Waals surface area (Å²) in [5, 5.41) is 15.8. The molecule has 0 aromatic heterocycles. The van der Waals surface area contributed by atoms with Crippen LogP contribution in [0.25, 0.3) is 0 Å². The molecule has 2 saturated heterocycles. The predicted octanol–water partition coefficient (Wildman–Crippen LogP) is 0.971. The van der Waals surface area contributed by atoms with E-state index < -0.39 is 11.5 Å². The van der Waals surface area contributed by atoms with Crippen molar-refractivity contribution in [3.05, 3.63) is 29.3 Å². The predicted molar refractivity (Wildman–Crippen MR) is 99.6 cm³/mol. The number of ether oxygens (including phenoxy) is 1. The first kappa shape index (κ1) is 18.1. The lowest BCUT2D eigenvalue weighted by Crippen LogP contribution is -2.58. The molecule has 2 unspecified atom stereocenters. The van der Waals surface area contributed by atoms with Gasteiger partial charge >= 0.3 is 6.03 Å². The van der Waals surface area contributed by atoms with Crippen LogP contribution in [0.3, 0.4) is 0 Å². The first-order chi connectivity index (χ1) is 13.0. The zero-order valence-corrected chi connectivity index (χ0v) is 15.7. The smallest absolute Gasteiger partial charge is 0.317 e. The lowest BCUT2D eigenvalue weighted by molar-refractivity contribution is -0.140. The number of urea groups is 1. The fourth-order valence-corrected chi connectivity index (χ4v) is 4.51. The molecule has 7 heteroatoms. The number of carbonyl (C=O) groups excluding carboxylic acids is 2. The maximum atomic E-state index is 12.7. The minimum atomic E-state index is -0.529. The molecule has 1 aromatic carbocycles. The number of likely N-dealkylation sites (tertiary alicyclic amines) is 1. The summed E-state index contributed by atoms with van der Waals surface area (Å²) >= 11 is 0. The van der Waals surface area contributed by atoms with Crippen LogP contribution in [0, 0.1) is 12.3 Å². The molecule has 1 aromatic rings. The second-order valence-electron chi connectivity index (χ2n) is 8.05. The Kier molecular flexibility index (Phi) is 4.72. The van der Waals surface area contributed by atoms with Crippen LogP contribution in [0.4, 0.5) is 4.79 Å².